The van der Waals surface area contributed by atoms with Crippen molar-refractivity contribution in [3.05, 3.63) is 29.7 Å². The van der Waals surface area contributed by atoms with E-state index in [-0.39, 0.29) is 12.0 Å². The predicted molar refractivity (Wildman–Crippen MR) is 87.2 cm³/mol. The fourth-order valence-electron chi connectivity index (χ4n) is 2.56. The summed E-state index contributed by atoms with van der Waals surface area (Å²) in [6.07, 6.45) is 6.13. The van der Waals surface area contributed by atoms with E-state index in [2.05, 4.69) is 19.9 Å². The highest BCUT2D eigenvalue weighted by molar-refractivity contribution is 7.16. The van der Waals surface area contributed by atoms with E-state index in [0.717, 1.165) is 13.1 Å². The maximum Gasteiger partial charge on any atom is 0.265 e. The van der Waals surface area contributed by atoms with E-state index in [9.17, 15) is 9.90 Å². The van der Waals surface area contributed by atoms with Crippen LogP contribution in [0.5, 0.6) is 0 Å². The number of piperazine rings is 1. The summed E-state index contributed by atoms with van der Waals surface area (Å²) < 4.78 is 0. The lowest BCUT2D eigenvalue weighted by Crippen LogP contribution is -2.50. The molecule has 2 aromatic heterocycles. The molecule has 23 heavy (non-hydrogen) atoms. The summed E-state index contributed by atoms with van der Waals surface area (Å²) in [6, 6.07) is 0. The molecule has 3 heterocycles. The van der Waals surface area contributed by atoms with Gasteiger partial charge in [-0.2, -0.15) is 0 Å². The molecule has 0 spiro atoms. The van der Waals surface area contributed by atoms with Crippen molar-refractivity contribution in [2.75, 3.05) is 32.7 Å². The van der Waals surface area contributed by atoms with Gasteiger partial charge in [0.1, 0.15) is 15.6 Å². The van der Waals surface area contributed by atoms with Gasteiger partial charge >= 0.3 is 0 Å². The average Bonchev–Trinajstić information content (AvgIpc) is 3.05. The molecule has 0 aromatic carbocycles. The van der Waals surface area contributed by atoms with Crippen molar-refractivity contribution in [3.63, 3.8) is 0 Å². The first-order chi connectivity index (χ1) is 11.1. The van der Waals surface area contributed by atoms with Gasteiger partial charge in [0.05, 0.1) is 18.5 Å². The van der Waals surface area contributed by atoms with Crippen LogP contribution in [0.4, 0.5) is 0 Å². The molecule has 2 aromatic rings. The van der Waals surface area contributed by atoms with Gasteiger partial charge in [-0.3, -0.25) is 19.7 Å². The Bertz CT molecular complexity index is 653. The zero-order chi connectivity index (χ0) is 16.2. The molecule has 1 aliphatic rings. The van der Waals surface area contributed by atoms with E-state index in [4.69, 9.17) is 0 Å². The molecule has 122 valence electrons. The first-order valence-corrected chi connectivity index (χ1v) is 8.37. The number of hydrogen-bond acceptors (Lipinski definition) is 7. The summed E-state index contributed by atoms with van der Waals surface area (Å²) in [5.41, 5.74) is 0.679. The number of aliphatic hydroxyl groups is 1. The van der Waals surface area contributed by atoms with Crippen LogP contribution in [0.15, 0.2) is 24.8 Å². The largest absolute Gasteiger partial charge is 0.392 e. The third-order valence-corrected chi connectivity index (χ3v) is 4.69. The molecule has 8 heteroatoms. The van der Waals surface area contributed by atoms with Crippen molar-refractivity contribution in [3.8, 4) is 10.7 Å². The number of aliphatic hydroxyl groups excluding tert-OH is 1. The normalized spacial score (nSPS) is 17.2. The Kier molecular flexibility index (Phi) is 4.94. The minimum atomic E-state index is -0.340. The summed E-state index contributed by atoms with van der Waals surface area (Å²) in [5.74, 6) is 0.00865. The quantitative estimate of drug-likeness (QED) is 0.889. The molecule has 0 bridgehead atoms. The zero-order valence-corrected chi connectivity index (χ0v) is 13.7. The van der Waals surface area contributed by atoms with Crippen LogP contribution in [0.25, 0.3) is 10.7 Å². The average molecular weight is 333 g/mol. The Hall–Kier alpha value is -1.90. The number of rotatable bonds is 4. The molecule has 1 atom stereocenters. The van der Waals surface area contributed by atoms with E-state index in [1.54, 1.807) is 31.7 Å². The molecule has 1 saturated heterocycles. The Labute approximate surface area is 138 Å². The number of thiazole rings is 1. The van der Waals surface area contributed by atoms with Gasteiger partial charge in [-0.15, -0.1) is 11.3 Å². The molecule has 3 rings (SSSR count). The van der Waals surface area contributed by atoms with Crippen LogP contribution in [-0.2, 0) is 0 Å². The van der Waals surface area contributed by atoms with E-state index >= 15 is 0 Å². The van der Waals surface area contributed by atoms with Crippen molar-refractivity contribution in [1.82, 2.24) is 24.8 Å². The highest BCUT2D eigenvalue weighted by Crippen LogP contribution is 2.24. The van der Waals surface area contributed by atoms with Crippen LogP contribution in [-0.4, -0.2) is 74.6 Å². The standard InChI is InChI=1S/C15H19N5O2S/c1-11(21)10-19-4-6-20(7-5-19)15(22)13-9-18-14(23-13)12-8-16-2-3-17-12/h2-3,8-9,11,21H,4-7,10H2,1H3. The number of carbonyl (C=O) groups is 1. The molecule has 0 radical (unpaired) electrons. The number of amides is 1. The summed E-state index contributed by atoms with van der Waals surface area (Å²) in [6.45, 7) is 5.34. The summed E-state index contributed by atoms with van der Waals surface area (Å²) in [5, 5.41) is 10.1. The van der Waals surface area contributed by atoms with E-state index in [0.29, 0.717) is 35.2 Å². The highest BCUT2D eigenvalue weighted by atomic mass is 32.1. The third-order valence-electron chi connectivity index (χ3n) is 3.68. The summed E-state index contributed by atoms with van der Waals surface area (Å²) in [4.78, 5) is 29.7. The molecule has 1 unspecified atom stereocenters. The van der Waals surface area contributed by atoms with Crippen molar-refractivity contribution in [1.29, 1.82) is 0 Å². The van der Waals surface area contributed by atoms with Gasteiger partial charge in [0.15, 0.2) is 0 Å². The van der Waals surface area contributed by atoms with Gasteiger partial charge in [-0.25, -0.2) is 4.98 Å². The fourth-order valence-corrected chi connectivity index (χ4v) is 3.41. The molecule has 1 aliphatic heterocycles. The van der Waals surface area contributed by atoms with Gasteiger partial charge in [-0.1, -0.05) is 0 Å². The van der Waals surface area contributed by atoms with Crippen molar-refractivity contribution >= 4 is 17.2 Å². The number of β-amino-alcohol motifs (C(OH)–C–C–N with tert-alkyl or cyclic N) is 1. The molecular weight excluding hydrogens is 314 g/mol. The number of carbonyl (C=O) groups excluding carboxylic acids is 1. The smallest absolute Gasteiger partial charge is 0.265 e. The van der Waals surface area contributed by atoms with Gasteiger partial charge in [-0.05, 0) is 6.92 Å². The Morgan fingerprint density at radius 2 is 2.04 bits per heavy atom. The first-order valence-electron chi connectivity index (χ1n) is 7.55. The van der Waals surface area contributed by atoms with Crippen molar-refractivity contribution < 1.29 is 9.90 Å². The van der Waals surface area contributed by atoms with Crippen molar-refractivity contribution in [2.24, 2.45) is 0 Å². The lowest BCUT2D eigenvalue weighted by atomic mass is 10.2. The van der Waals surface area contributed by atoms with Crippen LogP contribution < -0.4 is 0 Å². The van der Waals surface area contributed by atoms with Crippen molar-refractivity contribution in [2.45, 2.75) is 13.0 Å². The molecule has 0 saturated carbocycles. The molecule has 7 nitrogen and oxygen atoms in total. The number of hydrogen-bond donors (Lipinski definition) is 1. The predicted octanol–water partition coefficient (Wildman–Crippen LogP) is 0.739. The van der Waals surface area contributed by atoms with Crippen LogP contribution in [0, 0.1) is 0 Å². The second kappa shape index (κ2) is 7.12. The minimum Gasteiger partial charge on any atom is -0.392 e. The third kappa shape index (κ3) is 3.90. The second-order valence-corrected chi connectivity index (χ2v) is 6.59. The van der Waals surface area contributed by atoms with Gasteiger partial charge in [0.2, 0.25) is 0 Å². The topological polar surface area (TPSA) is 82.5 Å². The highest BCUT2D eigenvalue weighted by Gasteiger charge is 2.24. The van der Waals surface area contributed by atoms with Crippen LogP contribution in [0.1, 0.15) is 16.6 Å². The Balaban J connectivity index is 1.62. The SMILES string of the molecule is CC(O)CN1CCN(C(=O)c2cnc(-c3cnccn3)s2)CC1. The molecular formula is C15H19N5O2S. The first kappa shape index (κ1) is 16.0. The minimum absolute atomic E-state index is 0.00865. The molecule has 0 aliphatic carbocycles. The van der Waals surface area contributed by atoms with Crippen LogP contribution >= 0.6 is 11.3 Å². The van der Waals surface area contributed by atoms with Gasteiger partial charge in [0.25, 0.3) is 5.91 Å². The molecule has 1 fully saturated rings. The van der Waals surface area contributed by atoms with E-state index in [1.165, 1.54) is 11.3 Å². The molecule has 1 N–H and O–H groups in total. The fraction of sp³-hybridized carbons (Fsp3) is 0.467. The second-order valence-electron chi connectivity index (χ2n) is 5.56. The number of nitrogens with zero attached hydrogens (tertiary/aromatic N) is 5. The summed E-state index contributed by atoms with van der Waals surface area (Å²) in [7, 11) is 0. The van der Waals surface area contributed by atoms with Gasteiger partial charge < -0.3 is 10.0 Å². The lowest BCUT2D eigenvalue weighted by Gasteiger charge is -2.34. The van der Waals surface area contributed by atoms with E-state index in [1.807, 2.05) is 4.90 Å². The number of aromatic nitrogens is 3. The van der Waals surface area contributed by atoms with Crippen LogP contribution in [0.2, 0.25) is 0 Å². The Morgan fingerprint density at radius 3 is 2.70 bits per heavy atom. The summed E-state index contributed by atoms with van der Waals surface area (Å²) >= 11 is 1.34. The lowest BCUT2D eigenvalue weighted by molar-refractivity contribution is 0.0558. The van der Waals surface area contributed by atoms with Crippen LogP contribution in [0.3, 0.4) is 0 Å². The Morgan fingerprint density at radius 1 is 1.26 bits per heavy atom. The maximum absolute atomic E-state index is 12.6. The molecule has 1 amide bonds. The van der Waals surface area contributed by atoms with E-state index < -0.39 is 0 Å². The monoisotopic (exact) mass is 333 g/mol. The zero-order valence-electron chi connectivity index (χ0n) is 12.9. The van der Waals surface area contributed by atoms with Gasteiger partial charge in [0, 0.05) is 45.1 Å². The maximum atomic E-state index is 12.6.